The molecule has 0 saturated heterocycles. The smallest absolute Gasteiger partial charge is 0.307 e. The Kier molecular flexibility index (Phi) is 14.5. The van der Waals surface area contributed by atoms with Crippen molar-refractivity contribution in [1.82, 2.24) is 18.3 Å². The maximum Gasteiger partial charge on any atom is 0.418 e. The molecule has 0 aliphatic carbocycles. The number of fused-ring (bicyclic) bond motifs is 12. The number of halogens is 9. The zero-order valence-electron chi connectivity index (χ0n) is 52.5. The van der Waals surface area contributed by atoms with E-state index in [-0.39, 0.29) is 45.0 Å². The molecule has 0 bridgehead atoms. The molecule has 0 radical (unpaired) electrons. The Bertz CT molecular complexity index is 6190. The number of benzene rings is 12. The molecule has 0 spiro atoms. The van der Waals surface area contributed by atoms with Crippen molar-refractivity contribution in [3.63, 3.8) is 0 Å². The molecule has 0 amide bonds. The second-order valence-electron chi connectivity index (χ2n) is 24.6. The van der Waals surface area contributed by atoms with Crippen molar-refractivity contribution in [2.24, 2.45) is 0 Å². The van der Waals surface area contributed by atoms with E-state index in [4.69, 9.17) is 13.1 Å². The molecule has 0 N–H and O–H groups in total. The van der Waals surface area contributed by atoms with Crippen molar-refractivity contribution in [3.05, 3.63) is 298 Å². The van der Waals surface area contributed by atoms with Gasteiger partial charge in [-0.25, -0.2) is 9.69 Å². The van der Waals surface area contributed by atoms with E-state index in [0.717, 1.165) is 112 Å². The Morgan fingerprint density at radius 2 is 0.622 bits per heavy atom. The Morgan fingerprint density at radius 3 is 0.969 bits per heavy atom. The lowest BCUT2D eigenvalue weighted by Crippen LogP contribution is -2.15. The fourth-order valence-corrected chi connectivity index (χ4v) is 14.0. The zero-order valence-corrected chi connectivity index (χ0v) is 52.5. The summed E-state index contributed by atoms with van der Waals surface area (Å²) in [4.78, 5) is 6.56. The normalized spacial score (nSPS) is 12.1. The fraction of sp³-hybridized carbons (Fsp3) is 0.0854. The predicted octanol–water partition coefficient (Wildman–Crippen LogP) is 24.4. The number of para-hydroxylation sites is 4. The highest BCUT2D eigenvalue weighted by Crippen LogP contribution is 2.49. The van der Waals surface area contributed by atoms with Crippen LogP contribution in [0.3, 0.4) is 0 Å². The quantitative estimate of drug-likeness (QED) is 0.121. The van der Waals surface area contributed by atoms with Crippen LogP contribution in [0.25, 0.3) is 142 Å². The number of alkyl halides is 9. The molecular formula is C82H50F9N7. The van der Waals surface area contributed by atoms with Gasteiger partial charge in [-0.15, -0.1) is 0 Å². The second kappa shape index (κ2) is 23.0. The summed E-state index contributed by atoms with van der Waals surface area (Å²) in [6.45, 7) is 22.9. The van der Waals surface area contributed by atoms with Crippen molar-refractivity contribution in [1.29, 1.82) is 5.26 Å². The van der Waals surface area contributed by atoms with E-state index < -0.39 is 35.2 Å². The van der Waals surface area contributed by atoms with Crippen LogP contribution in [0.15, 0.2) is 231 Å². The monoisotopic (exact) mass is 1300 g/mol. The summed E-state index contributed by atoms with van der Waals surface area (Å²) in [5, 5.41) is 18.1. The molecule has 7 nitrogen and oxygen atoms in total. The Balaban J connectivity index is 0.000000160. The van der Waals surface area contributed by atoms with Gasteiger partial charge in [0.2, 0.25) is 0 Å². The first-order valence-electron chi connectivity index (χ1n) is 31.0. The number of hydrogen-bond donors (Lipinski definition) is 0. The molecule has 4 heterocycles. The highest BCUT2D eigenvalue weighted by molar-refractivity contribution is 6.14. The summed E-state index contributed by atoms with van der Waals surface area (Å²) in [6, 6.07) is 68.7. The van der Waals surface area contributed by atoms with Crippen LogP contribution >= 0.6 is 0 Å². The molecule has 0 saturated carbocycles. The minimum atomic E-state index is -4.94. The molecule has 16 rings (SSSR count). The van der Waals surface area contributed by atoms with Crippen LogP contribution in [0.1, 0.15) is 44.5 Å². The average molecular weight is 1300 g/mol. The van der Waals surface area contributed by atoms with Gasteiger partial charge in [0.1, 0.15) is 6.07 Å². The molecule has 16 heteroatoms. The van der Waals surface area contributed by atoms with Crippen LogP contribution < -0.4 is 0 Å². The number of aryl methyl sites for hydroxylation is 4. The van der Waals surface area contributed by atoms with Crippen LogP contribution in [0.2, 0.25) is 0 Å². The number of hydrogen-bond acceptors (Lipinski definition) is 1. The summed E-state index contributed by atoms with van der Waals surface area (Å²) < 4.78 is 139. The van der Waals surface area contributed by atoms with Gasteiger partial charge in [-0.2, -0.15) is 44.8 Å². The molecule has 16 aromatic rings. The van der Waals surface area contributed by atoms with E-state index in [2.05, 4.69) is 49.2 Å². The van der Waals surface area contributed by atoms with Gasteiger partial charge < -0.3 is 18.3 Å². The van der Waals surface area contributed by atoms with Crippen molar-refractivity contribution >= 4 is 98.6 Å². The molecule has 0 aliphatic rings. The molecule has 476 valence electrons. The van der Waals surface area contributed by atoms with E-state index in [1.807, 2.05) is 155 Å². The maximum atomic E-state index is 15.7. The van der Waals surface area contributed by atoms with E-state index in [9.17, 15) is 31.6 Å². The second-order valence-corrected chi connectivity index (χ2v) is 24.6. The summed E-state index contributed by atoms with van der Waals surface area (Å²) in [5.74, 6) is 0. The molecule has 0 fully saturated rings. The average Bonchev–Trinajstić information content (AvgIpc) is 1.54. The van der Waals surface area contributed by atoms with Crippen LogP contribution in [0.4, 0.5) is 50.9 Å². The first-order chi connectivity index (χ1) is 47.0. The predicted molar refractivity (Wildman–Crippen MR) is 372 cm³/mol. The Hall–Kier alpha value is -12.3. The summed E-state index contributed by atoms with van der Waals surface area (Å²) >= 11 is 0. The lowest BCUT2D eigenvalue weighted by atomic mass is 9.97. The van der Waals surface area contributed by atoms with Gasteiger partial charge in [-0.1, -0.05) is 119 Å². The third-order valence-corrected chi connectivity index (χ3v) is 18.3. The minimum absolute atomic E-state index is 0.110. The molecule has 0 aliphatic heterocycles. The van der Waals surface area contributed by atoms with Crippen LogP contribution in [-0.2, 0) is 18.5 Å². The molecule has 0 unspecified atom stereocenters. The lowest BCUT2D eigenvalue weighted by molar-refractivity contribution is -0.138. The van der Waals surface area contributed by atoms with Crippen molar-refractivity contribution in [2.75, 3.05) is 0 Å². The molecule has 4 aromatic heterocycles. The van der Waals surface area contributed by atoms with E-state index in [0.29, 0.717) is 45.1 Å². The summed E-state index contributed by atoms with van der Waals surface area (Å²) in [6.07, 6.45) is -14.4. The number of rotatable bonds is 6. The molecule has 98 heavy (non-hydrogen) atoms. The number of aromatic nitrogens is 4. The molecule has 0 atom stereocenters. The van der Waals surface area contributed by atoms with Gasteiger partial charge in [0.15, 0.2) is 11.4 Å². The van der Waals surface area contributed by atoms with E-state index >= 15 is 13.2 Å². The summed E-state index contributed by atoms with van der Waals surface area (Å²) in [7, 11) is 0. The minimum Gasteiger partial charge on any atom is -0.307 e. The Morgan fingerprint density at radius 1 is 0.316 bits per heavy atom. The largest absolute Gasteiger partial charge is 0.418 e. The van der Waals surface area contributed by atoms with Gasteiger partial charge >= 0.3 is 18.5 Å². The SMILES string of the molecule is [C-]#[N+]c1cc(-c2cc(-n3c4ccccc4c4cc(C)ccc43)c(-n3c4ccccc4c4cc(C)ccc43)c(C(F)(F)F)c2)cc(C(F)(F)F)c1.[C-]#[N+]c1cc(-c2cc(C#N)c(-n3c4ccccc4c4cc(C)ccc43)c(-n3c4ccccc4c4cc(C)ccc43)c2)cc(C(F)(F)F)c1. The molecular weight excluding hydrogens is 1250 g/mol. The van der Waals surface area contributed by atoms with Crippen molar-refractivity contribution in [3.8, 4) is 51.1 Å². The molecule has 12 aromatic carbocycles. The topological polar surface area (TPSA) is 52.2 Å². The van der Waals surface area contributed by atoms with Crippen LogP contribution in [0.5, 0.6) is 0 Å². The van der Waals surface area contributed by atoms with E-state index in [1.54, 1.807) is 39.5 Å². The van der Waals surface area contributed by atoms with Crippen molar-refractivity contribution < 1.29 is 39.5 Å². The lowest BCUT2D eigenvalue weighted by Gasteiger charge is -2.23. The maximum absolute atomic E-state index is 15.7. The van der Waals surface area contributed by atoms with Crippen LogP contribution in [-0.4, -0.2) is 18.3 Å². The fourth-order valence-electron chi connectivity index (χ4n) is 14.0. The van der Waals surface area contributed by atoms with Gasteiger partial charge in [0, 0.05) is 54.2 Å². The third kappa shape index (κ3) is 10.3. The van der Waals surface area contributed by atoms with Gasteiger partial charge in [0.05, 0.1) is 91.2 Å². The standard InChI is InChI=1S/C41H25F6N3.C41H25F3N4/c1-23-12-14-36-31(16-23)29-8-4-6-10-34(29)49(36)38-21-26(25-18-27(40(42,43)44)22-28(19-25)48-3)20-33(41(45,46)47)39(38)50-35-11-7-5-9-30(35)32-17-24(2)13-15-37(32)50;1-24-12-14-37-33(16-24)31-8-4-6-10-35(31)47(37)39-21-26(27-19-29(41(42,43)44)22-30(20-27)46-3)18-28(23-45)40(39)48-36-11-7-5-9-32(36)34-17-25(2)13-15-38(34)48/h4-22H,1-2H3;4-22H,1-2H3. The number of nitrogens with zero attached hydrogens (tertiary/aromatic N) is 7. The third-order valence-electron chi connectivity index (χ3n) is 18.3. The summed E-state index contributed by atoms with van der Waals surface area (Å²) in [5.41, 5.74) is 8.28. The first-order valence-corrected chi connectivity index (χ1v) is 31.0. The van der Waals surface area contributed by atoms with Gasteiger partial charge in [0.25, 0.3) is 0 Å². The zero-order chi connectivity index (χ0) is 68.4. The highest BCUT2D eigenvalue weighted by Gasteiger charge is 2.39. The Labute approximate surface area is 554 Å². The van der Waals surface area contributed by atoms with E-state index in [1.165, 1.54) is 18.2 Å². The van der Waals surface area contributed by atoms with Gasteiger partial charge in [-0.05, 0) is 183 Å². The highest BCUT2D eigenvalue weighted by atomic mass is 19.4. The number of nitriles is 1. The van der Waals surface area contributed by atoms with Crippen molar-refractivity contribution in [2.45, 2.75) is 46.2 Å². The van der Waals surface area contributed by atoms with Crippen LogP contribution in [0, 0.1) is 52.2 Å². The van der Waals surface area contributed by atoms with Gasteiger partial charge in [-0.3, -0.25) is 0 Å². The first kappa shape index (κ1) is 61.8.